The lowest BCUT2D eigenvalue weighted by Gasteiger charge is -2.22. The minimum Gasteiger partial charge on any atom is -0.222 e. The van der Waals surface area contributed by atoms with E-state index in [9.17, 15) is 0 Å². The highest BCUT2D eigenvalue weighted by atomic mass is 35.5. The lowest BCUT2D eigenvalue weighted by molar-refractivity contribution is 0.460. The van der Waals surface area contributed by atoms with E-state index in [0.717, 1.165) is 13.0 Å². The van der Waals surface area contributed by atoms with Gasteiger partial charge in [-0.05, 0) is 47.4 Å². The zero-order chi connectivity index (χ0) is 15.0. The van der Waals surface area contributed by atoms with Crippen molar-refractivity contribution < 1.29 is 0 Å². The number of hydrogen-bond donors (Lipinski definition) is 0. The van der Waals surface area contributed by atoms with Gasteiger partial charge >= 0.3 is 0 Å². The van der Waals surface area contributed by atoms with E-state index in [1.54, 1.807) is 4.42 Å². The minimum atomic E-state index is 0.0199. The smallest absolute Gasteiger partial charge is 0.0595 e. The summed E-state index contributed by atoms with van der Waals surface area (Å²) in [7, 11) is 1.89. The van der Waals surface area contributed by atoms with Gasteiger partial charge in [-0.3, -0.25) is 0 Å². The van der Waals surface area contributed by atoms with E-state index in [-0.39, 0.29) is 5.41 Å². The molecule has 4 heteroatoms. The van der Waals surface area contributed by atoms with Gasteiger partial charge in [-0.1, -0.05) is 59.6 Å². The molecule has 0 radical (unpaired) electrons. The Morgan fingerprint density at radius 3 is 2.43 bits per heavy atom. The average Bonchev–Trinajstić information content (AvgIpc) is 3.17. The Morgan fingerprint density at radius 2 is 1.81 bits per heavy atom. The molecule has 21 heavy (non-hydrogen) atoms. The van der Waals surface area contributed by atoms with E-state index in [4.69, 9.17) is 35.0 Å². The highest BCUT2D eigenvalue weighted by Crippen LogP contribution is 2.61. The number of hydrogen-bond acceptors (Lipinski definition) is 1. The van der Waals surface area contributed by atoms with Crippen LogP contribution in [-0.2, 0) is 5.41 Å². The first-order valence-corrected chi connectivity index (χ1v) is 8.00. The van der Waals surface area contributed by atoms with Gasteiger partial charge in [0.25, 0.3) is 0 Å². The van der Waals surface area contributed by atoms with E-state index in [1.807, 2.05) is 25.2 Å². The van der Waals surface area contributed by atoms with E-state index >= 15 is 0 Å². The van der Waals surface area contributed by atoms with Crippen LogP contribution in [0, 0.1) is 0 Å². The zero-order valence-electron chi connectivity index (χ0n) is 11.7. The van der Waals surface area contributed by atoms with Crippen LogP contribution in [0.5, 0.6) is 0 Å². The van der Waals surface area contributed by atoms with E-state index < -0.39 is 0 Å². The summed E-state index contributed by atoms with van der Waals surface area (Å²) < 4.78 is 1.73. The first kappa shape index (κ1) is 15.2. The maximum Gasteiger partial charge on any atom is 0.0595 e. The molecule has 0 amide bonds. The molecule has 1 fully saturated rings. The molecule has 2 atom stereocenters. The van der Waals surface area contributed by atoms with Crippen LogP contribution in [0.2, 0.25) is 10.0 Å². The quantitative estimate of drug-likeness (QED) is 0.664. The van der Waals surface area contributed by atoms with Gasteiger partial charge in [0.1, 0.15) is 0 Å². The summed E-state index contributed by atoms with van der Waals surface area (Å²) in [5.74, 6) is 0.470. The fourth-order valence-electron chi connectivity index (χ4n) is 3.21. The predicted molar refractivity (Wildman–Crippen MR) is 90.4 cm³/mol. The molecule has 0 aromatic heterocycles. The number of rotatable bonds is 4. The molecule has 1 aliphatic carbocycles. The number of halogens is 3. The number of nitrogens with zero attached hydrogens (tertiary/aromatic N) is 1. The van der Waals surface area contributed by atoms with Crippen LogP contribution in [0.3, 0.4) is 0 Å². The van der Waals surface area contributed by atoms with Crippen LogP contribution in [0.15, 0.2) is 48.5 Å². The Balaban J connectivity index is 1.98. The van der Waals surface area contributed by atoms with Crippen LogP contribution in [0.25, 0.3) is 0 Å². The molecular weight excluding hydrogens is 325 g/mol. The molecule has 1 aliphatic rings. The van der Waals surface area contributed by atoms with Gasteiger partial charge in [-0.15, -0.1) is 0 Å². The van der Waals surface area contributed by atoms with Crippen LogP contribution in [0.4, 0.5) is 0 Å². The standard InChI is InChI=1S/C17H16Cl3N/c1-21(20)11-17(13-7-8-15(18)16(19)9-13)10-14(17)12-5-3-2-4-6-12/h2-9,14H,10-11H2,1H3/t14?,17-/m0/s1. The third-order valence-electron chi connectivity index (χ3n) is 4.27. The Bertz CT molecular complexity index is 642. The van der Waals surface area contributed by atoms with Gasteiger partial charge in [0.15, 0.2) is 0 Å². The second kappa shape index (κ2) is 5.81. The second-order valence-electron chi connectivity index (χ2n) is 5.72. The molecule has 1 saturated carbocycles. The zero-order valence-corrected chi connectivity index (χ0v) is 14.0. The summed E-state index contributed by atoms with van der Waals surface area (Å²) in [5, 5.41) is 1.19. The van der Waals surface area contributed by atoms with Crippen LogP contribution >= 0.6 is 35.0 Å². The van der Waals surface area contributed by atoms with Crippen LogP contribution < -0.4 is 0 Å². The summed E-state index contributed by atoms with van der Waals surface area (Å²) in [5.41, 5.74) is 2.58. The van der Waals surface area contributed by atoms with Gasteiger partial charge in [0, 0.05) is 19.0 Å². The number of benzene rings is 2. The van der Waals surface area contributed by atoms with Crippen molar-refractivity contribution in [3.05, 3.63) is 69.7 Å². The molecule has 0 heterocycles. The molecule has 2 aromatic carbocycles. The Hall–Kier alpha value is -0.730. The first-order chi connectivity index (χ1) is 10.0. The minimum absolute atomic E-state index is 0.0199. The molecule has 1 nitrogen and oxygen atoms in total. The van der Waals surface area contributed by atoms with Crippen LogP contribution in [0.1, 0.15) is 23.5 Å². The van der Waals surface area contributed by atoms with E-state index in [1.165, 1.54) is 11.1 Å². The summed E-state index contributed by atoms with van der Waals surface area (Å²) in [6.07, 6.45) is 1.08. The van der Waals surface area contributed by atoms with E-state index in [2.05, 4.69) is 30.3 Å². The van der Waals surface area contributed by atoms with Gasteiger partial charge in [0.2, 0.25) is 0 Å². The summed E-state index contributed by atoms with van der Waals surface area (Å²) in [4.78, 5) is 0. The van der Waals surface area contributed by atoms with Gasteiger partial charge < -0.3 is 0 Å². The Morgan fingerprint density at radius 1 is 1.10 bits per heavy atom. The van der Waals surface area contributed by atoms with Crippen molar-refractivity contribution >= 4 is 35.0 Å². The van der Waals surface area contributed by atoms with Gasteiger partial charge in [-0.25, -0.2) is 4.42 Å². The normalized spacial score (nSPS) is 24.3. The summed E-state index contributed by atoms with van der Waals surface area (Å²) >= 11 is 18.4. The van der Waals surface area contributed by atoms with E-state index in [0.29, 0.717) is 16.0 Å². The van der Waals surface area contributed by atoms with Crippen molar-refractivity contribution in [2.45, 2.75) is 17.8 Å². The third-order valence-corrected chi connectivity index (χ3v) is 5.13. The van der Waals surface area contributed by atoms with Gasteiger partial charge in [-0.2, -0.15) is 0 Å². The fourth-order valence-corrected chi connectivity index (χ4v) is 3.72. The molecule has 0 N–H and O–H groups in total. The molecule has 0 aliphatic heterocycles. The monoisotopic (exact) mass is 339 g/mol. The lowest BCUT2D eigenvalue weighted by Crippen LogP contribution is -2.24. The molecule has 2 aromatic rings. The number of likely N-dealkylation sites (N-methyl/N-ethyl adjacent to an activating group) is 1. The first-order valence-electron chi connectivity index (χ1n) is 6.90. The average molecular weight is 341 g/mol. The molecule has 0 spiro atoms. The molecule has 3 rings (SSSR count). The molecular formula is C17H16Cl3N. The Labute approximate surface area is 140 Å². The summed E-state index contributed by atoms with van der Waals surface area (Å²) in [6.45, 7) is 0.784. The SMILES string of the molecule is CN(Cl)C[C@]1(c2ccc(Cl)c(Cl)c2)CC1c1ccccc1. The molecule has 0 saturated heterocycles. The second-order valence-corrected chi connectivity index (χ2v) is 7.11. The largest absolute Gasteiger partial charge is 0.222 e. The molecule has 110 valence electrons. The Kier molecular flexibility index (Phi) is 4.20. The van der Waals surface area contributed by atoms with Crippen molar-refractivity contribution in [2.75, 3.05) is 13.6 Å². The van der Waals surface area contributed by atoms with Crippen molar-refractivity contribution in [1.82, 2.24) is 4.42 Å². The van der Waals surface area contributed by atoms with Crippen molar-refractivity contribution in [2.24, 2.45) is 0 Å². The topological polar surface area (TPSA) is 3.24 Å². The van der Waals surface area contributed by atoms with Gasteiger partial charge in [0.05, 0.1) is 10.0 Å². The van der Waals surface area contributed by atoms with Crippen molar-refractivity contribution in [1.29, 1.82) is 0 Å². The highest BCUT2D eigenvalue weighted by Gasteiger charge is 2.56. The molecule has 0 bridgehead atoms. The third kappa shape index (κ3) is 2.93. The molecule has 1 unspecified atom stereocenters. The van der Waals surface area contributed by atoms with Crippen molar-refractivity contribution in [3.8, 4) is 0 Å². The fraction of sp³-hybridized carbons (Fsp3) is 0.294. The lowest BCUT2D eigenvalue weighted by atomic mass is 9.90. The maximum absolute atomic E-state index is 6.20. The van der Waals surface area contributed by atoms with Crippen molar-refractivity contribution in [3.63, 3.8) is 0 Å². The predicted octanol–water partition coefficient (Wildman–Crippen LogP) is 5.50. The highest BCUT2D eigenvalue weighted by molar-refractivity contribution is 6.42. The maximum atomic E-state index is 6.20. The summed E-state index contributed by atoms with van der Waals surface area (Å²) in [6, 6.07) is 16.5. The van der Waals surface area contributed by atoms with Crippen LogP contribution in [-0.4, -0.2) is 18.0 Å².